The molecule has 0 aliphatic carbocycles. The molecule has 96 valence electrons. The quantitative estimate of drug-likeness (QED) is 0.785. The fourth-order valence-corrected chi connectivity index (χ4v) is 2.19. The summed E-state index contributed by atoms with van der Waals surface area (Å²) in [7, 11) is 0. The highest BCUT2D eigenvalue weighted by atomic mass is 16.3. The number of aliphatic hydroxyl groups excluding tert-OH is 1. The molecule has 0 saturated heterocycles. The van der Waals surface area contributed by atoms with E-state index in [4.69, 9.17) is 0 Å². The predicted octanol–water partition coefficient (Wildman–Crippen LogP) is 3.09. The normalized spacial score (nSPS) is 14.9. The van der Waals surface area contributed by atoms with Crippen molar-refractivity contribution in [1.82, 2.24) is 4.90 Å². The van der Waals surface area contributed by atoms with Gasteiger partial charge in [-0.3, -0.25) is 0 Å². The molecule has 2 nitrogen and oxygen atoms in total. The molecule has 0 aromatic heterocycles. The Balaban J connectivity index is 2.67. The molecule has 1 aromatic carbocycles. The summed E-state index contributed by atoms with van der Waals surface area (Å²) in [5.74, 6) is 0.317. The maximum atomic E-state index is 10.4. The molecular weight excluding hydrogens is 210 g/mol. The Morgan fingerprint density at radius 2 is 1.65 bits per heavy atom. The SMILES string of the molecule is CC[C@H](CN(CC)CC)[C@@H](O)c1ccccc1. The highest BCUT2D eigenvalue weighted by Crippen LogP contribution is 2.25. The molecule has 0 unspecified atom stereocenters. The lowest BCUT2D eigenvalue weighted by molar-refractivity contribution is 0.0790. The van der Waals surface area contributed by atoms with Gasteiger partial charge in [-0.2, -0.15) is 0 Å². The van der Waals surface area contributed by atoms with Gasteiger partial charge in [-0.25, -0.2) is 0 Å². The zero-order valence-corrected chi connectivity index (χ0v) is 11.3. The summed E-state index contributed by atoms with van der Waals surface area (Å²) >= 11 is 0. The van der Waals surface area contributed by atoms with Gasteiger partial charge in [0.2, 0.25) is 0 Å². The van der Waals surface area contributed by atoms with E-state index in [-0.39, 0.29) is 6.10 Å². The smallest absolute Gasteiger partial charge is 0.0830 e. The van der Waals surface area contributed by atoms with Crippen LogP contribution in [0.5, 0.6) is 0 Å². The van der Waals surface area contributed by atoms with Crippen LogP contribution in [0, 0.1) is 5.92 Å². The summed E-state index contributed by atoms with van der Waals surface area (Å²) in [5.41, 5.74) is 1.03. The van der Waals surface area contributed by atoms with E-state index in [1.807, 2.05) is 30.3 Å². The Hall–Kier alpha value is -0.860. The largest absolute Gasteiger partial charge is 0.388 e. The van der Waals surface area contributed by atoms with Crippen LogP contribution in [-0.4, -0.2) is 29.6 Å². The van der Waals surface area contributed by atoms with E-state index in [0.717, 1.165) is 31.6 Å². The molecule has 2 heteroatoms. The fourth-order valence-electron chi connectivity index (χ4n) is 2.19. The molecule has 0 heterocycles. The summed E-state index contributed by atoms with van der Waals surface area (Å²) in [4.78, 5) is 2.38. The van der Waals surface area contributed by atoms with Crippen LogP contribution in [-0.2, 0) is 0 Å². The van der Waals surface area contributed by atoms with Gasteiger partial charge in [0.15, 0.2) is 0 Å². The molecule has 0 aliphatic heterocycles. The van der Waals surface area contributed by atoms with Gasteiger partial charge in [-0.1, -0.05) is 51.1 Å². The average molecular weight is 235 g/mol. The van der Waals surface area contributed by atoms with E-state index in [1.165, 1.54) is 0 Å². The summed E-state index contributed by atoms with van der Waals surface area (Å²) in [6.45, 7) is 9.57. The highest BCUT2D eigenvalue weighted by molar-refractivity contribution is 5.18. The molecule has 1 aromatic rings. The number of rotatable bonds is 7. The van der Waals surface area contributed by atoms with Gasteiger partial charge in [-0.15, -0.1) is 0 Å². The molecule has 17 heavy (non-hydrogen) atoms. The van der Waals surface area contributed by atoms with Crippen LogP contribution in [0.15, 0.2) is 30.3 Å². The molecule has 0 spiro atoms. The van der Waals surface area contributed by atoms with E-state index >= 15 is 0 Å². The predicted molar refractivity (Wildman–Crippen MR) is 73.0 cm³/mol. The Bertz CT molecular complexity index is 295. The lowest BCUT2D eigenvalue weighted by Gasteiger charge is -2.28. The van der Waals surface area contributed by atoms with Crippen molar-refractivity contribution in [2.45, 2.75) is 33.3 Å². The lowest BCUT2D eigenvalue weighted by atomic mass is 9.93. The molecule has 0 saturated carbocycles. The molecule has 0 fully saturated rings. The summed E-state index contributed by atoms with van der Waals surface area (Å²) in [5, 5.41) is 10.4. The summed E-state index contributed by atoms with van der Waals surface area (Å²) in [6.07, 6.45) is 0.661. The molecule has 0 bridgehead atoms. The standard InChI is InChI=1S/C15H25NO/c1-4-13(12-16(5-2)6-3)15(17)14-10-8-7-9-11-14/h7-11,13,15,17H,4-6,12H2,1-3H3/t13-,15-/m1/s1. The number of aliphatic hydroxyl groups is 1. The minimum absolute atomic E-state index is 0.317. The molecular formula is C15H25NO. The fraction of sp³-hybridized carbons (Fsp3) is 0.600. The van der Waals surface area contributed by atoms with Gasteiger partial charge in [0, 0.05) is 12.5 Å². The Morgan fingerprint density at radius 3 is 2.12 bits per heavy atom. The topological polar surface area (TPSA) is 23.5 Å². The number of nitrogens with zero attached hydrogens (tertiary/aromatic N) is 1. The van der Waals surface area contributed by atoms with E-state index in [1.54, 1.807) is 0 Å². The van der Waals surface area contributed by atoms with Crippen molar-refractivity contribution in [3.63, 3.8) is 0 Å². The van der Waals surface area contributed by atoms with Crippen molar-refractivity contribution in [2.75, 3.05) is 19.6 Å². The van der Waals surface area contributed by atoms with Gasteiger partial charge in [0.1, 0.15) is 0 Å². The summed E-state index contributed by atoms with van der Waals surface area (Å²) < 4.78 is 0. The van der Waals surface area contributed by atoms with E-state index in [2.05, 4.69) is 25.7 Å². The number of hydrogen-bond acceptors (Lipinski definition) is 2. The lowest BCUT2D eigenvalue weighted by Crippen LogP contribution is -2.31. The molecule has 0 aliphatic rings. The molecule has 1 N–H and O–H groups in total. The maximum Gasteiger partial charge on any atom is 0.0830 e. The minimum Gasteiger partial charge on any atom is -0.388 e. The Kier molecular flexibility index (Phi) is 6.23. The van der Waals surface area contributed by atoms with Gasteiger partial charge >= 0.3 is 0 Å². The molecule has 0 amide bonds. The van der Waals surface area contributed by atoms with Crippen LogP contribution >= 0.6 is 0 Å². The average Bonchev–Trinajstić information content (AvgIpc) is 2.40. The zero-order chi connectivity index (χ0) is 12.7. The van der Waals surface area contributed by atoms with Crippen molar-refractivity contribution in [3.05, 3.63) is 35.9 Å². The molecule has 0 radical (unpaired) electrons. The summed E-state index contributed by atoms with van der Waals surface area (Å²) in [6, 6.07) is 9.98. The van der Waals surface area contributed by atoms with E-state index in [0.29, 0.717) is 5.92 Å². The first-order valence-corrected chi connectivity index (χ1v) is 6.68. The van der Waals surface area contributed by atoms with Gasteiger partial charge in [-0.05, 0) is 25.1 Å². The Morgan fingerprint density at radius 1 is 1.06 bits per heavy atom. The van der Waals surface area contributed by atoms with E-state index < -0.39 is 0 Å². The van der Waals surface area contributed by atoms with Crippen molar-refractivity contribution in [1.29, 1.82) is 0 Å². The van der Waals surface area contributed by atoms with Crippen molar-refractivity contribution in [3.8, 4) is 0 Å². The van der Waals surface area contributed by atoms with E-state index in [9.17, 15) is 5.11 Å². The van der Waals surface area contributed by atoms with Crippen LogP contribution in [0.3, 0.4) is 0 Å². The Labute approximate surface area is 105 Å². The van der Waals surface area contributed by atoms with Crippen molar-refractivity contribution >= 4 is 0 Å². The van der Waals surface area contributed by atoms with Gasteiger partial charge in [0.05, 0.1) is 6.10 Å². The second kappa shape index (κ2) is 7.46. The third-order valence-electron chi connectivity index (χ3n) is 3.50. The second-order valence-electron chi connectivity index (χ2n) is 4.51. The van der Waals surface area contributed by atoms with Crippen LogP contribution in [0.4, 0.5) is 0 Å². The van der Waals surface area contributed by atoms with Crippen molar-refractivity contribution in [2.24, 2.45) is 5.92 Å². The number of hydrogen-bond donors (Lipinski definition) is 1. The first-order chi connectivity index (χ1) is 8.22. The van der Waals surface area contributed by atoms with Crippen LogP contribution in [0.2, 0.25) is 0 Å². The highest BCUT2D eigenvalue weighted by Gasteiger charge is 2.20. The molecule has 1 rings (SSSR count). The van der Waals surface area contributed by atoms with Gasteiger partial charge < -0.3 is 10.0 Å². The maximum absolute atomic E-state index is 10.4. The first kappa shape index (κ1) is 14.2. The molecule has 2 atom stereocenters. The third-order valence-corrected chi connectivity index (χ3v) is 3.50. The second-order valence-corrected chi connectivity index (χ2v) is 4.51. The van der Waals surface area contributed by atoms with Crippen LogP contribution < -0.4 is 0 Å². The van der Waals surface area contributed by atoms with Gasteiger partial charge in [0.25, 0.3) is 0 Å². The monoisotopic (exact) mass is 235 g/mol. The third kappa shape index (κ3) is 4.14. The zero-order valence-electron chi connectivity index (χ0n) is 11.3. The number of benzene rings is 1. The minimum atomic E-state index is -0.346. The van der Waals surface area contributed by atoms with Crippen LogP contribution in [0.25, 0.3) is 0 Å². The van der Waals surface area contributed by atoms with Crippen molar-refractivity contribution < 1.29 is 5.11 Å². The van der Waals surface area contributed by atoms with Crippen LogP contribution in [0.1, 0.15) is 38.9 Å². The first-order valence-electron chi connectivity index (χ1n) is 6.68.